The number of carbonyl (C=O) groups is 3. The minimum absolute atomic E-state index is 0.170. The summed E-state index contributed by atoms with van der Waals surface area (Å²) in [6.45, 7) is 1.02. The molecule has 1 aromatic carbocycles. The van der Waals surface area contributed by atoms with Gasteiger partial charge in [0.2, 0.25) is 5.91 Å². The van der Waals surface area contributed by atoms with Crippen LogP contribution >= 0.6 is 0 Å². The van der Waals surface area contributed by atoms with E-state index in [1.165, 1.54) is 12.1 Å². The quantitative estimate of drug-likeness (QED) is 0.774. The van der Waals surface area contributed by atoms with Gasteiger partial charge in [-0.25, -0.2) is 9.59 Å². The molecule has 0 aromatic heterocycles. The first-order chi connectivity index (χ1) is 9.97. The van der Waals surface area contributed by atoms with Crippen molar-refractivity contribution in [3.63, 3.8) is 0 Å². The van der Waals surface area contributed by atoms with Crippen LogP contribution in [-0.4, -0.2) is 41.3 Å². The summed E-state index contributed by atoms with van der Waals surface area (Å²) >= 11 is 0. The average molecular weight is 293 g/mol. The van der Waals surface area contributed by atoms with Crippen LogP contribution in [-0.2, 0) is 9.53 Å². The van der Waals surface area contributed by atoms with Crippen LogP contribution in [0.3, 0.4) is 0 Å². The number of rotatable bonds is 4. The van der Waals surface area contributed by atoms with Gasteiger partial charge in [-0.15, -0.1) is 0 Å². The highest BCUT2D eigenvalue weighted by molar-refractivity contribution is 5.99. The molecule has 21 heavy (non-hydrogen) atoms. The zero-order valence-electron chi connectivity index (χ0n) is 11.2. The summed E-state index contributed by atoms with van der Waals surface area (Å²) in [6, 6.07) is 3.53. The smallest absolute Gasteiger partial charge is 0.335 e. The van der Waals surface area contributed by atoms with Crippen LogP contribution in [0, 0.1) is 5.92 Å². The van der Waals surface area contributed by atoms with Crippen molar-refractivity contribution in [1.29, 1.82) is 0 Å². The van der Waals surface area contributed by atoms with Crippen molar-refractivity contribution < 1.29 is 29.3 Å². The summed E-state index contributed by atoms with van der Waals surface area (Å²) < 4.78 is 5.17. The number of anilines is 1. The molecule has 7 heteroatoms. The fourth-order valence-corrected chi connectivity index (χ4v) is 2.15. The Kier molecular flexibility index (Phi) is 4.54. The molecule has 0 saturated carbocycles. The number of hydrogen-bond donors (Lipinski definition) is 3. The average Bonchev–Trinajstić information content (AvgIpc) is 2.47. The van der Waals surface area contributed by atoms with E-state index < -0.39 is 11.9 Å². The molecule has 1 aliphatic heterocycles. The molecule has 3 N–H and O–H groups in total. The summed E-state index contributed by atoms with van der Waals surface area (Å²) in [7, 11) is 0. The van der Waals surface area contributed by atoms with Crippen molar-refractivity contribution in [2.45, 2.75) is 12.8 Å². The Hall–Kier alpha value is -2.41. The van der Waals surface area contributed by atoms with Crippen LogP contribution in [0.5, 0.6) is 0 Å². The molecule has 0 aliphatic carbocycles. The van der Waals surface area contributed by atoms with Gasteiger partial charge in [0, 0.05) is 24.8 Å². The zero-order valence-corrected chi connectivity index (χ0v) is 11.2. The molecule has 0 radical (unpaired) electrons. The minimum Gasteiger partial charge on any atom is -0.478 e. The van der Waals surface area contributed by atoms with Crippen molar-refractivity contribution in [3.05, 3.63) is 29.3 Å². The summed E-state index contributed by atoms with van der Waals surface area (Å²) in [6.07, 6.45) is 1.19. The molecule has 0 spiro atoms. The standard InChI is InChI=1S/C14H15NO6/c16-12(8-1-3-21-4-2-8)15-11-6-9(13(17)18)5-10(7-11)14(19)20/h5-8H,1-4H2,(H,15,16)(H,17,18)(H,19,20). The predicted octanol–water partition coefficient (Wildman–Crippen LogP) is 1.45. The van der Waals surface area contributed by atoms with Crippen molar-refractivity contribution in [1.82, 2.24) is 0 Å². The fourth-order valence-electron chi connectivity index (χ4n) is 2.15. The second kappa shape index (κ2) is 6.36. The van der Waals surface area contributed by atoms with Gasteiger partial charge in [0.1, 0.15) is 0 Å². The largest absolute Gasteiger partial charge is 0.478 e. The minimum atomic E-state index is -1.25. The second-order valence-electron chi connectivity index (χ2n) is 4.79. The number of carboxylic acid groups (broad SMARTS) is 2. The Morgan fingerprint density at radius 3 is 2.00 bits per heavy atom. The monoisotopic (exact) mass is 293 g/mol. The van der Waals surface area contributed by atoms with Crippen LogP contribution < -0.4 is 5.32 Å². The number of carboxylic acids is 2. The van der Waals surface area contributed by atoms with Gasteiger partial charge in [0.15, 0.2) is 0 Å². The molecule has 1 aliphatic rings. The number of carbonyl (C=O) groups excluding carboxylic acids is 1. The second-order valence-corrected chi connectivity index (χ2v) is 4.79. The molecule has 1 amide bonds. The van der Waals surface area contributed by atoms with E-state index in [9.17, 15) is 14.4 Å². The first kappa shape index (κ1) is 15.0. The van der Waals surface area contributed by atoms with Crippen LogP contribution in [0.25, 0.3) is 0 Å². The third-order valence-corrected chi connectivity index (χ3v) is 3.29. The van der Waals surface area contributed by atoms with Gasteiger partial charge in [-0.1, -0.05) is 0 Å². The van der Waals surface area contributed by atoms with Gasteiger partial charge in [-0.2, -0.15) is 0 Å². The molecule has 1 saturated heterocycles. The van der Waals surface area contributed by atoms with Crippen LogP contribution in [0.4, 0.5) is 5.69 Å². The molecule has 1 aromatic rings. The molecule has 0 atom stereocenters. The van der Waals surface area contributed by atoms with E-state index >= 15 is 0 Å². The lowest BCUT2D eigenvalue weighted by atomic mass is 9.99. The summed E-state index contributed by atoms with van der Waals surface area (Å²) in [5.74, 6) is -2.96. The molecule has 1 heterocycles. The maximum atomic E-state index is 12.1. The maximum absolute atomic E-state index is 12.1. The number of aromatic carboxylic acids is 2. The Balaban J connectivity index is 2.20. The fraction of sp³-hybridized carbons (Fsp3) is 0.357. The predicted molar refractivity (Wildman–Crippen MR) is 72.5 cm³/mol. The molecular weight excluding hydrogens is 278 g/mol. The Morgan fingerprint density at radius 1 is 1.00 bits per heavy atom. The lowest BCUT2D eigenvalue weighted by Gasteiger charge is -2.21. The highest BCUT2D eigenvalue weighted by Gasteiger charge is 2.22. The van der Waals surface area contributed by atoms with Gasteiger partial charge in [-0.05, 0) is 31.0 Å². The summed E-state index contributed by atoms with van der Waals surface area (Å²) in [5, 5.41) is 20.5. The van der Waals surface area contributed by atoms with Gasteiger partial charge in [-0.3, -0.25) is 4.79 Å². The van der Waals surface area contributed by atoms with Crippen LogP contribution in [0.15, 0.2) is 18.2 Å². The van der Waals surface area contributed by atoms with Crippen molar-refractivity contribution in [3.8, 4) is 0 Å². The molecular formula is C14H15NO6. The first-order valence-electron chi connectivity index (χ1n) is 6.47. The third kappa shape index (κ3) is 3.79. The van der Waals surface area contributed by atoms with Gasteiger partial charge >= 0.3 is 11.9 Å². The third-order valence-electron chi connectivity index (χ3n) is 3.29. The molecule has 112 valence electrons. The van der Waals surface area contributed by atoms with E-state index in [-0.39, 0.29) is 28.6 Å². The SMILES string of the molecule is O=C(O)c1cc(NC(=O)C2CCOCC2)cc(C(=O)O)c1. The number of ether oxygens (including phenoxy) is 1. The first-order valence-corrected chi connectivity index (χ1v) is 6.47. The highest BCUT2D eigenvalue weighted by Crippen LogP contribution is 2.20. The Labute approximate surface area is 120 Å². The van der Waals surface area contributed by atoms with Crippen molar-refractivity contribution in [2.75, 3.05) is 18.5 Å². The topological polar surface area (TPSA) is 113 Å². The Bertz CT molecular complexity index is 545. The van der Waals surface area contributed by atoms with Crippen LogP contribution in [0.1, 0.15) is 33.6 Å². The van der Waals surface area contributed by atoms with E-state index in [0.717, 1.165) is 6.07 Å². The van der Waals surface area contributed by atoms with Crippen molar-refractivity contribution >= 4 is 23.5 Å². The highest BCUT2D eigenvalue weighted by atomic mass is 16.5. The zero-order chi connectivity index (χ0) is 15.4. The number of amides is 1. The number of benzene rings is 1. The van der Waals surface area contributed by atoms with E-state index in [4.69, 9.17) is 14.9 Å². The van der Waals surface area contributed by atoms with Gasteiger partial charge in [0.05, 0.1) is 11.1 Å². The van der Waals surface area contributed by atoms with Crippen molar-refractivity contribution in [2.24, 2.45) is 5.92 Å². The Morgan fingerprint density at radius 2 is 1.52 bits per heavy atom. The summed E-state index contributed by atoms with van der Waals surface area (Å²) in [5.41, 5.74) is -0.196. The van der Waals surface area contributed by atoms with E-state index in [0.29, 0.717) is 26.1 Å². The molecule has 2 rings (SSSR count). The van der Waals surface area contributed by atoms with E-state index in [1.54, 1.807) is 0 Å². The molecule has 0 bridgehead atoms. The summed E-state index contributed by atoms with van der Waals surface area (Å²) in [4.78, 5) is 34.1. The van der Waals surface area contributed by atoms with E-state index in [2.05, 4.69) is 5.32 Å². The normalized spacial score (nSPS) is 15.4. The number of nitrogens with one attached hydrogen (secondary N) is 1. The number of hydrogen-bond acceptors (Lipinski definition) is 4. The maximum Gasteiger partial charge on any atom is 0.335 e. The van der Waals surface area contributed by atoms with Gasteiger partial charge < -0.3 is 20.3 Å². The molecule has 1 fully saturated rings. The van der Waals surface area contributed by atoms with Gasteiger partial charge in [0.25, 0.3) is 0 Å². The lowest BCUT2D eigenvalue weighted by Crippen LogP contribution is -2.28. The van der Waals surface area contributed by atoms with Crippen LogP contribution in [0.2, 0.25) is 0 Å². The molecule has 7 nitrogen and oxygen atoms in total. The van der Waals surface area contributed by atoms with E-state index in [1.807, 2.05) is 0 Å². The molecule has 0 unspecified atom stereocenters. The lowest BCUT2D eigenvalue weighted by molar-refractivity contribution is -0.122.